The molecule has 0 saturated carbocycles. The van der Waals surface area contributed by atoms with E-state index in [9.17, 15) is 19.8 Å². The smallest absolute Gasteiger partial charge is 0.351 e. The lowest BCUT2D eigenvalue weighted by Crippen LogP contribution is -2.53. The van der Waals surface area contributed by atoms with Gasteiger partial charge in [-0.05, 0) is 6.07 Å². The van der Waals surface area contributed by atoms with Crippen molar-refractivity contribution in [2.45, 2.75) is 36.9 Å². The topological polar surface area (TPSA) is 194 Å². The molecule has 12 heteroatoms. The maximum Gasteiger partial charge on any atom is 0.351 e. The molecule has 2 unspecified atom stereocenters. The summed E-state index contributed by atoms with van der Waals surface area (Å²) in [7, 11) is 0. The van der Waals surface area contributed by atoms with Crippen molar-refractivity contribution < 1.29 is 19.7 Å². The molecule has 8 N–H and O–H groups in total. The van der Waals surface area contributed by atoms with Crippen LogP contribution in [0.2, 0.25) is 0 Å². The van der Waals surface area contributed by atoms with Crippen molar-refractivity contribution in [3.05, 3.63) is 41.0 Å². The molecule has 0 aliphatic carbocycles. The standard InChI is InChI=1S/C15H21N7O5/c16-8(3-7-4-18-6-19-7)13(25)21-11-12(24)9(5-23)27-14(11)22-2-1-10(17)20-15(22)26/h1-2,4,6,8-9,11-12,14,23-24H,3,5,16H2,(H,18,19)(H,21,25)(H2,17,20,26)/t8?,9-,11?,12+,14-/m1/s1. The summed E-state index contributed by atoms with van der Waals surface area (Å²) in [5.41, 5.74) is 11.3. The van der Waals surface area contributed by atoms with E-state index in [4.69, 9.17) is 16.2 Å². The number of nitrogens with zero attached hydrogens (tertiary/aromatic N) is 3. The van der Waals surface area contributed by atoms with Crippen molar-refractivity contribution in [2.24, 2.45) is 5.73 Å². The lowest BCUT2D eigenvalue weighted by Gasteiger charge is -2.24. The highest BCUT2D eigenvalue weighted by Crippen LogP contribution is 2.28. The fourth-order valence-electron chi connectivity index (χ4n) is 2.91. The average Bonchev–Trinajstić information content (AvgIpc) is 3.24. The Bertz CT molecular complexity index is 839. The second kappa shape index (κ2) is 7.84. The molecule has 1 fully saturated rings. The van der Waals surface area contributed by atoms with Gasteiger partial charge in [-0.15, -0.1) is 0 Å². The van der Waals surface area contributed by atoms with Crippen molar-refractivity contribution in [3.8, 4) is 0 Å². The molecule has 0 spiro atoms. The minimum Gasteiger partial charge on any atom is -0.394 e. The van der Waals surface area contributed by atoms with E-state index in [2.05, 4.69) is 20.3 Å². The van der Waals surface area contributed by atoms with Crippen LogP contribution in [-0.4, -0.2) is 66.5 Å². The molecular weight excluding hydrogens is 358 g/mol. The van der Waals surface area contributed by atoms with Gasteiger partial charge in [0.1, 0.15) is 24.1 Å². The molecule has 1 saturated heterocycles. The van der Waals surface area contributed by atoms with Crippen molar-refractivity contribution in [1.29, 1.82) is 0 Å². The van der Waals surface area contributed by atoms with E-state index >= 15 is 0 Å². The van der Waals surface area contributed by atoms with E-state index in [0.29, 0.717) is 5.69 Å². The van der Waals surface area contributed by atoms with Crippen LogP contribution in [0.1, 0.15) is 11.9 Å². The zero-order chi connectivity index (χ0) is 19.6. The number of nitrogen functional groups attached to an aromatic ring is 1. The van der Waals surface area contributed by atoms with Crippen LogP contribution in [0.4, 0.5) is 5.82 Å². The Morgan fingerprint density at radius 2 is 2.30 bits per heavy atom. The highest BCUT2D eigenvalue weighted by Gasteiger charge is 2.46. The average molecular weight is 379 g/mol. The molecule has 1 amide bonds. The summed E-state index contributed by atoms with van der Waals surface area (Å²) in [5.74, 6) is -0.534. The number of nitrogens with two attached hydrogens (primary N) is 2. The molecular formula is C15H21N7O5. The Hall–Kier alpha value is -2.80. The zero-order valence-corrected chi connectivity index (χ0v) is 14.2. The van der Waals surface area contributed by atoms with Gasteiger partial charge in [-0.3, -0.25) is 9.36 Å². The third-order valence-electron chi connectivity index (χ3n) is 4.32. The lowest BCUT2D eigenvalue weighted by molar-refractivity contribution is -0.124. The summed E-state index contributed by atoms with van der Waals surface area (Å²) in [6.45, 7) is -0.499. The van der Waals surface area contributed by atoms with Crippen molar-refractivity contribution in [1.82, 2.24) is 24.8 Å². The van der Waals surface area contributed by atoms with Gasteiger partial charge in [0.05, 0.1) is 19.0 Å². The van der Waals surface area contributed by atoms with Crippen molar-refractivity contribution in [2.75, 3.05) is 12.3 Å². The van der Waals surface area contributed by atoms with Crippen LogP contribution >= 0.6 is 0 Å². The highest BCUT2D eigenvalue weighted by atomic mass is 16.5. The third-order valence-corrected chi connectivity index (χ3v) is 4.32. The minimum absolute atomic E-state index is 0.0238. The largest absolute Gasteiger partial charge is 0.394 e. The summed E-state index contributed by atoms with van der Waals surface area (Å²) in [5, 5.41) is 22.4. The SMILES string of the molecule is Nc1ccn([C@@H]2O[C@H](CO)[C@H](O)C2NC(=O)C(N)Cc2cnc[nH]2)c(=O)n1. The normalized spacial score (nSPS) is 26.0. The molecule has 0 bridgehead atoms. The summed E-state index contributed by atoms with van der Waals surface area (Å²) in [4.78, 5) is 34.9. The van der Waals surface area contributed by atoms with Crippen LogP contribution in [0.25, 0.3) is 0 Å². The maximum absolute atomic E-state index is 12.5. The molecule has 5 atom stereocenters. The molecule has 3 rings (SSSR count). The summed E-state index contributed by atoms with van der Waals surface area (Å²) in [6, 6.07) is -0.565. The Labute approximate surface area is 153 Å². The Balaban J connectivity index is 1.79. The number of hydrogen-bond acceptors (Lipinski definition) is 9. The number of ether oxygens (including phenoxy) is 1. The number of aromatic nitrogens is 4. The molecule has 27 heavy (non-hydrogen) atoms. The molecule has 0 radical (unpaired) electrons. The molecule has 3 heterocycles. The first-order valence-corrected chi connectivity index (χ1v) is 8.23. The first-order valence-electron chi connectivity index (χ1n) is 8.23. The second-order valence-corrected chi connectivity index (χ2v) is 6.20. The first-order chi connectivity index (χ1) is 12.9. The number of aliphatic hydroxyl groups excluding tert-OH is 2. The van der Waals surface area contributed by atoms with E-state index < -0.39 is 48.7 Å². The maximum atomic E-state index is 12.5. The van der Waals surface area contributed by atoms with E-state index in [1.165, 1.54) is 18.6 Å². The highest BCUT2D eigenvalue weighted by molar-refractivity contribution is 5.82. The van der Waals surface area contributed by atoms with Crippen molar-refractivity contribution >= 4 is 11.7 Å². The number of hydrogen-bond donors (Lipinski definition) is 6. The van der Waals surface area contributed by atoms with Gasteiger partial charge >= 0.3 is 5.69 Å². The summed E-state index contributed by atoms with van der Waals surface area (Å²) >= 11 is 0. The number of carbonyl (C=O) groups excluding carboxylic acids is 1. The van der Waals surface area contributed by atoms with Crippen LogP contribution in [-0.2, 0) is 16.0 Å². The van der Waals surface area contributed by atoms with E-state index in [0.717, 1.165) is 4.57 Å². The predicted molar refractivity (Wildman–Crippen MR) is 92.1 cm³/mol. The van der Waals surface area contributed by atoms with Gasteiger partial charge in [-0.25, -0.2) is 9.78 Å². The second-order valence-electron chi connectivity index (χ2n) is 6.20. The minimum atomic E-state index is -1.26. The molecule has 1 aliphatic rings. The lowest BCUT2D eigenvalue weighted by atomic mass is 10.1. The van der Waals surface area contributed by atoms with Gasteiger partial charge in [-0.1, -0.05) is 0 Å². The monoisotopic (exact) mass is 379 g/mol. The van der Waals surface area contributed by atoms with Gasteiger partial charge in [0.15, 0.2) is 6.23 Å². The number of anilines is 1. The van der Waals surface area contributed by atoms with Gasteiger partial charge in [0.2, 0.25) is 5.91 Å². The predicted octanol–water partition coefficient (Wildman–Crippen LogP) is -3.15. The van der Waals surface area contributed by atoms with E-state index in [1.54, 1.807) is 6.20 Å². The number of imidazole rings is 1. The number of nitrogens with one attached hydrogen (secondary N) is 2. The van der Waals surface area contributed by atoms with Gasteiger partial charge in [0.25, 0.3) is 0 Å². The van der Waals surface area contributed by atoms with E-state index in [-0.39, 0.29) is 12.2 Å². The molecule has 0 aromatic carbocycles. The first kappa shape index (κ1) is 19.0. The third kappa shape index (κ3) is 3.98. The number of amides is 1. The van der Waals surface area contributed by atoms with Crippen LogP contribution < -0.4 is 22.5 Å². The van der Waals surface area contributed by atoms with Crippen LogP contribution in [0.15, 0.2) is 29.6 Å². The molecule has 146 valence electrons. The Morgan fingerprint density at radius 3 is 2.93 bits per heavy atom. The Morgan fingerprint density at radius 1 is 1.52 bits per heavy atom. The summed E-state index contributed by atoms with van der Waals surface area (Å²) < 4.78 is 6.62. The van der Waals surface area contributed by atoms with Gasteiger partial charge < -0.3 is 36.7 Å². The number of aliphatic hydroxyl groups is 2. The zero-order valence-electron chi connectivity index (χ0n) is 14.2. The number of carbonyl (C=O) groups is 1. The van der Waals surface area contributed by atoms with Crippen LogP contribution in [0.3, 0.4) is 0 Å². The number of aromatic amines is 1. The van der Waals surface area contributed by atoms with Crippen LogP contribution in [0.5, 0.6) is 0 Å². The number of rotatable bonds is 6. The molecule has 2 aromatic heterocycles. The van der Waals surface area contributed by atoms with Crippen molar-refractivity contribution in [3.63, 3.8) is 0 Å². The molecule has 1 aliphatic heterocycles. The van der Waals surface area contributed by atoms with Gasteiger partial charge in [0, 0.05) is 24.5 Å². The Kier molecular flexibility index (Phi) is 5.51. The fraction of sp³-hybridized carbons (Fsp3) is 0.467. The van der Waals surface area contributed by atoms with Gasteiger partial charge in [-0.2, -0.15) is 4.98 Å². The quantitative estimate of drug-likeness (QED) is 0.300. The number of H-pyrrole nitrogens is 1. The molecule has 2 aromatic rings. The van der Waals surface area contributed by atoms with Crippen LogP contribution in [0, 0.1) is 0 Å². The summed E-state index contributed by atoms with van der Waals surface area (Å²) in [6.07, 6.45) is 1.22. The van der Waals surface area contributed by atoms with E-state index in [1.807, 2.05) is 0 Å². The fourth-order valence-corrected chi connectivity index (χ4v) is 2.91. The molecule has 12 nitrogen and oxygen atoms in total.